The van der Waals surface area contributed by atoms with Crippen LogP contribution in [0.25, 0.3) is 11.2 Å². The molecule has 0 spiro atoms. The lowest BCUT2D eigenvalue weighted by molar-refractivity contribution is -0.0530. The second kappa shape index (κ2) is 4.85. The van der Waals surface area contributed by atoms with Gasteiger partial charge >= 0.3 is 0 Å². The number of aliphatic hydroxyl groups is 1. The van der Waals surface area contributed by atoms with Crippen LogP contribution in [0.3, 0.4) is 0 Å². The molecule has 1 fully saturated rings. The van der Waals surface area contributed by atoms with Crippen molar-refractivity contribution in [3.8, 4) is 0 Å². The number of fused-ring (bicyclic) bond motifs is 1. The van der Waals surface area contributed by atoms with E-state index in [2.05, 4.69) is 15.0 Å². The molecule has 0 aromatic carbocycles. The van der Waals surface area contributed by atoms with Gasteiger partial charge in [0, 0.05) is 13.5 Å². The number of imidazole rings is 1. The first-order valence-electron chi connectivity index (χ1n) is 6.18. The fraction of sp³-hybridized carbons (Fsp3) is 0.545. The highest BCUT2D eigenvalue weighted by atomic mass is 16.6. The third-order valence-corrected chi connectivity index (χ3v) is 3.31. The number of anilines is 2. The van der Waals surface area contributed by atoms with Crippen LogP contribution in [-0.4, -0.2) is 50.6 Å². The van der Waals surface area contributed by atoms with Gasteiger partial charge in [-0.05, 0) is 0 Å². The van der Waals surface area contributed by atoms with Gasteiger partial charge in [0.05, 0.1) is 12.7 Å². The van der Waals surface area contributed by atoms with Crippen molar-refractivity contribution in [2.45, 2.75) is 24.9 Å². The zero-order valence-corrected chi connectivity index (χ0v) is 10.9. The lowest BCUT2D eigenvalue weighted by Gasteiger charge is -2.17. The van der Waals surface area contributed by atoms with Crippen LogP contribution in [0, 0.1) is 0 Å². The highest BCUT2D eigenvalue weighted by Gasteiger charge is 2.37. The van der Waals surface area contributed by atoms with Crippen LogP contribution in [0.4, 0.5) is 11.8 Å². The SMILES string of the molecule is COCC1CC(O)C(n2c(N)nc3c(N)ncnc32)O1. The van der Waals surface area contributed by atoms with Gasteiger partial charge < -0.3 is 26.0 Å². The monoisotopic (exact) mass is 280 g/mol. The van der Waals surface area contributed by atoms with E-state index >= 15 is 0 Å². The van der Waals surface area contributed by atoms with Gasteiger partial charge in [-0.1, -0.05) is 0 Å². The Hall–Kier alpha value is -1.97. The number of ether oxygens (including phenoxy) is 2. The summed E-state index contributed by atoms with van der Waals surface area (Å²) in [5.41, 5.74) is 12.5. The molecule has 2 aromatic heterocycles. The summed E-state index contributed by atoms with van der Waals surface area (Å²) in [5, 5.41) is 10.2. The van der Waals surface area contributed by atoms with Gasteiger partial charge in [0.25, 0.3) is 0 Å². The average molecular weight is 280 g/mol. The molecular formula is C11H16N6O3. The van der Waals surface area contributed by atoms with Gasteiger partial charge in [-0.15, -0.1) is 0 Å². The number of hydrogen-bond acceptors (Lipinski definition) is 8. The number of methoxy groups -OCH3 is 1. The topological polar surface area (TPSA) is 134 Å². The molecule has 1 saturated heterocycles. The van der Waals surface area contributed by atoms with Gasteiger partial charge in [0.1, 0.15) is 12.4 Å². The summed E-state index contributed by atoms with van der Waals surface area (Å²) in [6.45, 7) is 0.400. The lowest BCUT2D eigenvalue weighted by Crippen LogP contribution is -2.21. The summed E-state index contributed by atoms with van der Waals surface area (Å²) in [6.07, 6.45) is 0.207. The summed E-state index contributed by atoms with van der Waals surface area (Å²) in [6, 6.07) is 0. The van der Waals surface area contributed by atoms with Crippen molar-refractivity contribution in [2.75, 3.05) is 25.2 Å². The number of aliphatic hydroxyl groups excluding tert-OH is 1. The minimum absolute atomic E-state index is 0.175. The smallest absolute Gasteiger partial charge is 0.204 e. The first kappa shape index (κ1) is 13.0. The van der Waals surface area contributed by atoms with E-state index in [0.29, 0.717) is 24.2 Å². The van der Waals surface area contributed by atoms with E-state index < -0.39 is 12.3 Å². The van der Waals surface area contributed by atoms with Crippen LogP contribution >= 0.6 is 0 Å². The fourth-order valence-electron chi connectivity index (χ4n) is 2.45. The van der Waals surface area contributed by atoms with Crippen LogP contribution in [0.5, 0.6) is 0 Å². The predicted molar refractivity (Wildman–Crippen MR) is 70.6 cm³/mol. The molecule has 0 radical (unpaired) electrons. The maximum absolute atomic E-state index is 10.2. The number of hydrogen-bond donors (Lipinski definition) is 3. The molecule has 3 atom stereocenters. The van der Waals surface area contributed by atoms with Crippen molar-refractivity contribution in [3.05, 3.63) is 6.33 Å². The Morgan fingerprint density at radius 2 is 2.30 bits per heavy atom. The number of rotatable bonds is 3. The molecule has 5 N–H and O–H groups in total. The van der Waals surface area contributed by atoms with Crippen LogP contribution in [0.1, 0.15) is 12.6 Å². The predicted octanol–water partition coefficient (Wildman–Crippen LogP) is -0.714. The Kier molecular flexibility index (Phi) is 3.16. The Labute approximate surface area is 114 Å². The normalized spacial score (nSPS) is 26.4. The van der Waals surface area contributed by atoms with Gasteiger partial charge in [0.2, 0.25) is 5.95 Å². The molecule has 3 rings (SSSR count). The Morgan fingerprint density at radius 3 is 3.05 bits per heavy atom. The van der Waals surface area contributed by atoms with Gasteiger partial charge in [-0.25, -0.2) is 15.0 Å². The molecule has 9 nitrogen and oxygen atoms in total. The number of nitrogens with two attached hydrogens (primary N) is 2. The molecule has 3 heterocycles. The molecule has 1 aliphatic rings. The number of nitrogen functional groups attached to an aromatic ring is 2. The van der Waals surface area contributed by atoms with Crippen LogP contribution in [0.15, 0.2) is 6.33 Å². The summed E-state index contributed by atoms with van der Waals surface area (Å²) < 4.78 is 12.3. The Balaban J connectivity index is 2.02. The summed E-state index contributed by atoms with van der Waals surface area (Å²) in [4.78, 5) is 12.1. The van der Waals surface area contributed by atoms with Gasteiger partial charge in [-0.2, -0.15) is 0 Å². The number of aromatic nitrogens is 4. The van der Waals surface area contributed by atoms with Crippen molar-refractivity contribution in [1.82, 2.24) is 19.5 Å². The minimum atomic E-state index is -0.717. The Bertz CT molecular complexity index is 630. The standard InChI is InChI=1S/C11H16N6O3/c1-19-3-5-2-6(18)10(20-5)17-9-7(16-11(17)13)8(12)14-4-15-9/h4-6,10,18H,2-3H2,1H3,(H2,13,16)(H2,12,14,15). The summed E-state index contributed by atoms with van der Waals surface area (Å²) in [5.74, 6) is 0.413. The molecular weight excluding hydrogens is 264 g/mol. The zero-order chi connectivity index (χ0) is 14.3. The molecule has 108 valence electrons. The van der Waals surface area contributed by atoms with Crippen molar-refractivity contribution in [3.63, 3.8) is 0 Å². The van der Waals surface area contributed by atoms with E-state index in [1.807, 2.05) is 0 Å². The highest BCUT2D eigenvalue weighted by molar-refractivity contribution is 5.83. The third-order valence-electron chi connectivity index (χ3n) is 3.31. The first-order valence-corrected chi connectivity index (χ1v) is 6.18. The van der Waals surface area contributed by atoms with E-state index in [4.69, 9.17) is 20.9 Å². The second-order valence-electron chi connectivity index (χ2n) is 4.68. The van der Waals surface area contributed by atoms with Gasteiger partial charge in [-0.3, -0.25) is 4.57 Å². The first-order chi connectivity index (χ1) is 9.61. The van der Waals surface area contributed by atoms with Crippen LogP contribution < -0.4 is 11.5 Å². The molecule has 0 aliphatic carbocycles. The molecule has 0 amide bonds. The fourth-order valence-corrected chi connectivity index (χ4v) is 2.45. The maximum Gasteiger partial charge on any atom is 0.204 e. The molecule has 20 heavy (non-hydrogen) atoms. The zero-order valence-electron chi connectivity index (χ0n) is 10.9. The third kappa shape index (κ3) is 1.96. The molecule has 2 aromatic rings. The quantitative estimate of drug-likeness (QED) is 0.670. The van der Waals surface area contributed by atoms with E-state index in [-0.39, 0.29) is 17.9 Å². The van der Waals surface area contributed by atoms with E-state index in [1.165, 1.54) is 10.9 Å². The lowest BCUT2D eigenvalue weighted by atomic mass is 10.2. The van der Waals surface area contributed by atoms with Crippen LogP contribution in [0.2, 0.25) is 0 Å². The van der Waals surface area contributed by atoms with Crippen LogP contribution in [-0.2, 0) is 9.47 Å². The highest BCUT2D eigenvalue weighted by Crippen LogP contribution is 2.33. The van der Waals surface area contributed by atoms with Crippen molar-refractivity contribution in [1.29, 1.82) is 0 Å². The van der Waals surface area contributed by atoms with Gasteiger partial charge in [0.15, 0.2) is 23.2 Å². The van der Waals surface area contributed by atoms with E-state index in [9.17, 15) is 5.11 Å². The molecule has 0 saturated carbocycles. The molecule has 1 aliphatic heterocycles. The summed E-state index contributed by atoms with van der Waals surface area (Å²) in [7, 11) is 1.58. The Morgan fingerprint density at radius 1 is 1.50 bits per heavy atom. The van der Waals surface area contributed by atoms with Crippen molar-refractivity contribution >= 4 is 22.9 Å². The molecule has 3 unspecified atom stereocenters. The number of nitrogens with zero attached hydrogens (tertiary/aromatic N) is 4. The maximum atomic E-state index is 10.2. The minimum Gasteiger partial charge on any atom is -0.388 e. The molecule has 9 heteroatoms. The average Bonchev–Trinajstić information content (AvgIpc) is 2.91. The van der Waals surface area contributed by atoms with E-state index in [1.54, 1.807) is 7.11 Å². The largest absolute Gasteiger partial charge is 0.388 e. The molecule has 0 bridgehead atoms. The van der Waals surface area contributed by atoms with Crippen molar-refractivity contribution in [2.24, 2.45) is 0 Å². The summed E-state index contributed by atoms with van der Waals surface area (Å²) >= 11 is 0. The second-order valence-corrected chi connectivity index (χ2v) is 4.68. The van der Waals surface area contributed by atoms with E-state index in [0.717, 1.165) is 0 Å². The van der Waals surface area contributed by atoms with Crippen molar-refractivity contribution < 1.29 is 14.6 Å².